The molecule has 0 aromatic heterocycles. The lowest BCUT2D eigenvalue weighted by atomic mass is 9.96. The predicted molar refractivity (Wildman–Crippen MR) is 97.2 cm³/mol. The third-order valence-corrected chi connectivity index (χ3v) is 5.09. The van der Waals surface area contributed by atoms with Crippen molar-refractivity contribution in [3.05, 3.63) is 29.8 Å². The second-order valence-electron chi connectivity index (χ2n) is 6.84. The van der Waals surface area contributed by atoms with Crippen molar-refractivity contribution in [3.63, 3.8) is 0 Å². The van der Waals surface area contributed by atoms with E-state index in [1.165, 1.54) is 63.1 Å². The molecule has 2 aliphatic rings. The number of benzene rings is 1. The zero-order valence-corrected chi connectivity index (χ0v) is 14.7. The Morgan fingerprint density at radius 2 is 1.95 bits per heavy atom. The normalized spacial score (nSPS) is 23.3. The highest BCUT2D eigenvalue weighted by Gasteiger charge is 2.28. The number of rotatable bonds is 4. The van der Waals surface area contributed by atoms with E-state index < -0.39 is 0 Å². The lowest BCUT2D eigenvalue weighted by molar-refractivity contribution is 0.193. The first-order valence-corrected chi connectivity index (χ1v) is 8.46. The Morgan fingerprint density at radius 1 is 1.18 bits per heavy atom. The molecule has 0 saturated carbocycles. The van der Waals surface area contributed by atoms with E-state index in [4.69, 9.17) is 0 Å². The van der Waals surface area contributed by atoms with E-state index >= 15 is 0 Å². The van der Waals surface area contributed by atoms with Crippen LogP contribution in [-0.4, -0.2) is 45.2 Å². The van der Waals surface area contributed by atoms with Gasteiger partial charge in [0.25, 0.3) is 0 Å². The van der Waals surface area contributed by atoms with Gasteiger partial charge in [-0.3, -0.25) is 4.90 Å². The van der Waals surface area contributed by atoms with Crippen LogP contribution in [0.1, 0.15) is 37.3 Å². The van der Waals surface area contributed by atoms with Gasteiger partial charge in [0.2, 0.25) is 0 Å². The Morgan fingerprint density at radius 3 is 2.68 bits per heavy atom. The summed E-state index contributed by atoms with van der Waals surface area (Å²) in [6, 6.07) is 9.75. The number of nitrogens with zero attached hydrogens (tertiary/aromatic N) is 2. The quantitative estimate of drug-likeness (QED) is 0.917. The average Bonchev–Trinajstić information content (AvgIpc) is 2.96. The summed E-state index contributed by atoms with van der Waals surface area (Å²) in [6.07, 6.45) is 5.37. The van der Waals surface area contributed by atoms with E-state index in [9.17, 15) is 0 Å². The van der Waals surface area contributed by atoms with E-state index in [0.29, 0.717) is 6.04 Å². The van der Waals surface area contributed by atoms with Crippen LogP contribution in [0.4, 0.5) is 5.69 Å². The van der Waals surface area contributed by atoms with Crippen LogP contribution in [0.25, 0.3) is 0 Å². The zero-order valence-electron chi connectivity index (χ0n) is 13.9. The fourth-order valence-electron chi connectivity index (χ4n) is 3.83. The molecule has 1 aromatic carbocycles. The highest BCUT2D eigenvalue weighted by Crippen LogP contribution is 2.34. The minimum atomic E-state index is 0. The van der Waals surface area contributed by atoms with Crippen LogP contribution >= 0.6 is 12.4 Å². The molecule has 3 nitrogen and oxygen atoms in total. The van der Waals surface area contributed by atoms with Gasteiger partial charge in [0.05, 0.1) is 0 Å². The van der Waals surface area contributed by atoms with Crippen molar-refractivity contribution in [2.24, 2.45) is 5.92 Å². The second kappa shape index (κ2) is 8.19. The lowest BCUT2D eigenvalue weighted by Gasteiger charge is -2.31. The Labute approximate surface area is 141 Å². The first kappa shape index (κ1) is 17.6. The van der Waals surface area contributed by atoms with Crippen LogP contribution in [0.5, 0.6) is 0 Å². The van der Waals surface area contributed by atoms with Crippen molar-refractivity contribution in [1.82, 2.24) is 10.2 Å². The molecule has 0 bridgehead atoms. The van der Waals surface area contributed by atoms with Crippen molar-refractivity contribution in [1.29, 1.82) is 0 Å². The summed E-state index contributed by atoms with van der Waals surface area (Å²) in [7, 11) is 4.25. The maximum Gasteiger partial charge on any atom is 0.0364 e. The summed E-state index contributed by atoms with van der Waals surface area (Å²) >= 11 is 0. The van der Waals surface area contributed by atoms with Gasteiger partial charge in [-0.05, 0) is 68.9 Å². The monoisotopic (exact) mass is 323 g/mol. The van der Waals surface area contributed by atoms with Crippen molar-refractivity contribution in [2.45, 2.75) is 31.7 Å². The molecule has 0 spiro atoms. The summed E-state index contributed by atoms with van der Waals surface area (Å²) < 4.78 is 0. The number of nitrogens with one attached hydrogen (secondary N) is 1. The molecule has 2 fully saturated rings. The predicted octanol–water partition coefficient (Wildman–Crippen LogP) is 3.31. The van der Waals surface area contributed by atoms with Crippen LogP contribution in [0.2, 0.25) is 0 Å². The van der Waals surface area contributed by atoms with Gasteiger partial charge in [0.15, 0.2) is 0 Å². The molecule has 2 heterocycles. The van der Waals surface area contributed by atoms with Gasteiger partial charge < -0.3 is 10.2 Å². The number of likely N-dealkylation sites (tertiary alicyclic amines) is 1. The highest BCUT2D eigenvalue weighted by molar-refractivity contribution is 5.85. The van der Waals surface area contributed by atoms with E-state index in [-0.39, 0.29) is 12.4 Å². The number of hydrogen-bond acceptors (Lipinski definition) is 3. The molecule has 4 heteroatoms. The number of piperidine rings is 1. The van der Waals surface area contributed by atoms with Gasteiger partial charge in [-0.25, -0.2) is 0 Å². The van der Waals surface area contributed by atoms with Crippen molar-refractivity contribution in [3.8, 4) is 0 Å². The van der Waals surface area contributed by atoms with Crippen LogP contribution in [0, 0.1) is 5.92 Å². The van der Waals surface area contributed by atoms with Crippen molar-refractivity contribution < 1.29 is 0 Å². The van der Waals surface area contributed by atoms with E-state index in [2.05, 4.69) is 53.5 Å². The SMILES string of the molecule is CN(C)c1cccc(C2CCCN2CC2CCNCC2)c1.Cl. The van der Waals surface area contributed by atoms with Crippen LogP contribution in [-0.2, 0) is 0 Å². The van der Waals surface area contributed by atoms with Gasteiger partial charge in [-0.1, -0.05) is 12.1 Å². The van der Waals surface area contributed by atoms with E-state index in [1.54, 1.807) is 0 Å². The minimum absolute atomic E-state index is 0. The molecule has 1 atom stereocenters. The smallest absolute Gasteiger partial charge is 0.0364 e. The van der Waals surface area contributed by atoms with Gasteiger partial charge in [-0.15, -0.1) is 12.4 Å². The summed E-state index contributed by atoms with van der Waals surface area (Å²) in [6.45, 7) is 4.98. The zero-order chi connectivity index (χ0) is 14.7. The standard InChI is InChI=1S/C18H29N3.ClH/c1-20(2)17-6-3-5-16(13-17)18-7-4-12-21(18)14-15-8-10-19-11-9-15;/h3,5-6,13,15,18-19H,4,7-12,14H2,1-2H3;1H. The molecular weight excluding hydrogens is 294 g/mol. The Bertz CT molecular complexity index is 457. The molecule has 0 amide bonds. The lowest BCUT2D eigenvalue weighted by Crippen LogP contribution is -2.36. The molecular formula is C18H30ClN3. The summed E-state index contributed by atoms with van der Waals surface area (Å²) in [5.41, 5.74) is 2.83. The maximum atomic E-state index is 3.48. The molecule has 1 aromatic rings. The fraction of sp³-hybridized carbons (Fsp3) is 0.667. The third kappa shape index (κ3) is 4.15. The fourth-order valence-corrected chi connectivity index (χ4v) is 3.83. The first-order chi connectivity index (χ1) is 10.2. The molecule has 0 radical (unpaired) electrons. The van der Waals surface area contributed by atoms with Gasteiger partial charge in [-0.2, -0.15) is 0 Å². The Balaban J connectivity index is 0.00000176. The minimum Gasteiger partial charge on any atom is -0.378 e. The van der Waals surface area contributed by atoms with Crippen LogP contribution in [0.3, 0.4) is 0 Å². The molecule has 3 rings (SSSR count). The maximum absolute atomic E-state index is 3.48. The summed E-state index contributed by atoms with van der Waals surface area (Å²) in [5, 5.41) is 3.48. The van der Waals surface area contributed by atoms with Gasteiger partial charge >= 0.3 is 0 Å². The van der Waals surface area contributed by atoms with Crippen LogP contribution < -0.4 is 10.2 Å². The highest BCUT2D eigenvalue weighted by atomic mass is 35.5. The molecule has 1 unspecified atom stereocenters. The number of halogens is 1. The summed E-state index contributed by atoms with van der Waals surface area (Å²) in [4.78, 5) is 4.94. The topological polar surface area (TPSA) is 18.5 Å². The van der Waals surface area contributed by atoms with E-state index in [1.807, 2.05) is 0 Å². The molecule has 22 heavy (non-hydrogen) atoms. The van der Waals surface area contributed by atoms with Crippen LogP contribution in [0.15, 0.2) is 24.3 Å². The number of hydrogen-bond donors (Lipinski definition) is 1. The Kier molecular flexibility index (Phi) is 6.54. The van der Waals surface area contributed by atoms with Crippen molar-refractivity contribution >= 4 is 18.1 Å². The second-order valence-corrected chi connectivity index (χ2v) is 6.84. The first-order valence-electron chi connectivity index (χ1n) is 8.46. The third-order valence-electron chi connectivity index (χ3n) is 5.09. The molecule has 2 aliphatic heterocycles. The Hall–Kier alpha value is -0.770. The van der Waals surface area contributed by atoms with Crippen molar-refractivity contribution in [2.75, 3.05) is 45.2 Å². The van der Waals surface area contributed by atoms with Gasteiger partial charge in [0.1, 0.15) is 0 Å². The largest absolute Gasteiger partial charge is 0.378 e. The number of anilines is 1. The van der Waals surface area contributed by atoms with Gasteiger partial charge in [0, 0.05) is 32.4 Å². The molecule has 1 N–H and O–H groups in total. The molecule has 0 aliphatic carbocycles. The molecule has 2 saturated heterocycles. The average molecular weight is 324 g/mol. The summed E-state index contributed by atoms with van der Waals surface area (Å²) in [5.74, 6) is 0.892. The molecule has 124 valence electrons. The van der Waals surface area contributed by atoms with E-state index in [0.717, 1.165) is 5.92 Å².